The van der Waals surface area contributed by atoms with Crippen molar-refractivity contribution in [2.24, 2.45) is 0 Å². The normalized spacial score (nSPS) is 21.4. The van der Waals surface area contributed by atoms with Crippen molar-refractivity contribution in [1.82, 2.24) is 10.2 Å². The van der Waals surface area contributed by atoms with E-state index in [-0.39, 0.29) is 29.6 Å². The van der Waals surface area contributed by atoms with Crippen LogP contribution in [0, 0.1) is 5.82 Å². The maximum Gasteiger partial charge on any atom is 0.228 e. The summed E-state index contributed by atoms with van der Waals surface area (Å²) in [6.07, 6.45) is 2.21. The fourth-order valence-corrected chi connectivity index (χ4v) is 7.36. The second kappa shape index (κ2) is 11.8. The smallest absolute Gasteiger partial charge is 0.228 e. The van der Waals surface area contributed by atoms with E-state index < -0.39 is 48.6 Å². The van der Waals surface area contributed by atoms with Gasteiger partial charge in [0.15, 0.2) is 0 Å². The number of sulfone groups is 1. The lowest BCUT2D eigenvalue weighted by Gasteiger charge is -2.44. The molecule has 0 spiro atoms. The average Bonchev–Trinajstić information content (AvgIpc) is 3.01. The van der Waals surface area contributed by atoms with Crippen LogP contribution in [0.4, 0.5) is 4.39 Å². The number of nitrogens with zero attached hydrogens (tertiary/aromatic N) is 1. The Labute approximate surface area is 245 Å². The van der Waals surface area contributed by atoms with E-state index in [9.17, 15) is 32.0 Å². The predicted octanol–water partition coefficient (Wildman–Crippen LogP) is 3.37. The van der Waals surface area contributed by atoms with E-state index in [4.69, 9.17) is 32.7 Å². The van der Waals surface area contributed by atoms with E-state index in [1.165, 1.54) is 13.2 Å². The summed E-state index contributed by atoms with van der Waals surface area (Å²) in [5.41, 5.74) is 0.542. The largest absolute Gasteiger partial charge is 0.496 e. The van der Waals surface area contributed by atoms with E-state index in [1.54, 1.807) is 18.2 Å². The molecule has 14 heteroatoms. The Morgan fingerprint density at radius 1 is 1.00 bits per heavy atom. The van der Waals surface area contributed by atoms with E-state index in [2.05, 4.69) is 5.32 Å². The number of amides is 2. The van der Waals surface area contributed by atoms with Crippen LogP contribution in [0.3, 0.4) is 0 Å². The first-order valence-corrected chi connectivity index (χ1v) is 14.5. The SMILES string of the molecule is COc1ccc(Cl)cc1C=C1CN2C(=O)CC2(S(=O)(=O)c2cc(Cl)c(F)cc2OC)C1=O.O=C1CCNC(=O)CC1. The number of hydrogen-bond donors (Lipinski definition) is 1. The number of fused-ring (bicyclic) bond motifs is 1. The Kier molecular flexibility index (Phi) is 8.76. The van der Waals surface area contributed by atoms with E-state index in [0.717, 1.165) is 24.1 Å². The van der Waals surface area contributed by atoms with E-state index >= 15 is 0 Å². The number of carbonyl (C=O) groups excluding carboxylic acids is 4. The summed E-state index contributed by atoms with van der Waals surface area (Å²) in [7, 11) is -1.93. The van der Waals surface area contributed by atoms with Gasteiger partial charge in [0.05, 0.1) is 32.2 Å². The summed E-state index contributed by atoms with van der Waals surface area (Å²) in [6.45, 7) is 0.307. The molecule has 41 heavy (non-hydrogen) atoms. The molecular weight excluding hydrogens is 602 g/mol. The molecule has 3 saturated heterocycles. The quantitative estimate of drug-likeness (QED) is 0.303. The first kappa shape index (κ1) is 30.5. The molecule has 2 aromatic carbocycles. The molecule has 0 radical (unpaired) electrons. The zero-order valence-corrected chi connectivity index (χ0v) is 24.3. The minimum atomic E-state index is -4.53. The van der Waals surface area contributed by atoms with Gasteiger partial charge >= 0.3 is 0 Å². The molecule has 5 rings (SSSR count). The Hall–Kier alpha value is -3.48. The Bertz CT molecular complexity index is 1580. The lowest BCUT2D eigenvalue weighted by molar-refractivity contribution is -0.150. The van der Waals surface area contributed by atoms with Crippen molar-refractivity contribution in [1.29, 1.82) is 0 Å². The van der Waals surface area contributed by atoms with Crippen LogP contribution < -0.4 is 14.8 Å². The molecule has 2 amide bonds. The maximum atomic E-state index is 13.9. The van der Waals surface area contributed by atoms with E-state index in [1.807, 2.05) is 0 Å². The highest BCUT2D eigenvalue weighted by molar-refractivity contribution is 7.94. The van der Waals surface area contributed by atoms with Crippen molar-refractivity contribution in [3.63, 3.8) is 0 Å². The molecular formula is C27H25Cl2FN2O8S. The monoisotopic (exact) mass is 626 g/mol. The number of Topliss-reactive ketones (excluding diaryl/α,β-unsaturated/α-hetero) is 2. The third-order valence-electron chi connectivity index (χ3n) is 6.92. The molecule has 3 aliphatic rings. The number of ether oxygens (including phenoxy) is 2. The second-order valence-electron chi connectivity index (χ2n) is 9.39. The van der Waals surface area contributed by atoms with Gasteiger partial charge in [-0.15, -0.1) is 0 Å². The number of β-lactam (4-membered cyclic amide) rings is 1. The van der Waals surface area contributed by atoms with E-state index in [0.29, 0.717) is 42.1 Å². The van der Waals surface area contributed by atoms with Gasteiger partial charge in [-0.25, -0.2) is 12.8 Å². The highest BCUT2D eigenvalue weighted by atomic mass is 35.5. The number of nitrogens with one attached hydrogen (secondary N) is 1. The number of rotatable bonds is 5. The van der Waals surface area contributed by atoms with Gasteiger partial charge in [0.2, 0.25) is 32.3 Å². The number of ketones is 2. The van der Waals surface area contributed by atoms with Crippen LogP contribution in [0.5, 0.6) is 11.5 Å². The number of hydrogen-bond acceptors (Lipinski definition) is 8. The molecule has 10 nitrogen and oxygen atoms in total. The van der Waals surface area contributed by atoms with Crippen LogP contribution in [-0.2, 0) is 29.0 Å². The van der Waals surface area contributed by atoms with Gasteiger partial charge in [-0.3, -0.25) is 19.2 Å². The summed E-state index contributed by atoms with van der Waals surface area (Å²) >= 11 is 11.8. The summed E-state index contributed by atoms with van der Waals surface area (Å²) < 4.78 is 51.5. The molecule has 0 aliphatic carbocycles. The molecule has 1 atom stereocenters. The van der Waals surface area contributed by atoms with Crippen LogP contribution >= 0.6 is 23.2 Å². The lowest BCUT2D eigenvalue weighted by Crippen LogP contribution is -2.67. The highest BCUT2D eigenvalue weighted by Crippen LogP contribution is 2.50. The molecule has 3 aliphatic heterocycles. The first-order chi connectivity index (χ1) is 19.3. The zero-order valence-electron chi connectivity index (χ0n) is 22.0. The molecule has 3 heterocycles. The molecule has 0 saturated carbocycles. The number of methoxy groups -OCH3 is 2. The third kappa shape index (κ3) is 5.55. The van der Waals surface area contributed by atoms with Crippen LogP contribution in [-0.4, -0.2) is 68.9 Å². The second-order valence-corrected chi connectivity index (χ2v) is 12.4. The van der Waals surface area contributed by atoms with Crippen molar-refractivity contribution in [3.8, 4) is 11.5 Å². The topological polar surface area (TPSA) is 136 Å². The van der Waals surface area contributed by atoms with Crippen molar-refractivity contribution in [2.45, 2.75) is 35.4 Å². The minimum Gasteiger partial charge on any atom is -0.496 e. The standard InChI is InChI=1S/C21H16Cl2FNO6S.C6H9NO2/c1-30-16-4-3-13(22)6-11(16)5-12-10-25-19(26)9-21(25,20(12)27)32(28,29)18-7-14(23)15(24)8-17(18)31-2;8-5-1-2-6(9)7-4-3-5/h3-8H,9-10H2,1-2H3;1-4H2,(H,7,9). The van der Waals surface area contributed by atoms with Crippen molar-refractivity contribution in [2.75, 3.05) is 27.3 Å². The fourth-order valence-electron chi connectivity index (χ4n) is 4.77. The lowest BCUT2D eigenvalue weighted by atomic mass is 9.99. The Morgan fingerprint density at radius 2 is 1.71 bits per heavy atom. The van der Waals surface area contributed by atoms with Crippen molar-refractivity contribution >= 4 is 62.5 Å². The number of benzene rings is 2. The van der Waals surface area contributed by atoms with Crippen molar-refractivity contribution in [3.05, 3.63) is 57.3 Å². The summed E-state index contributed by atoms with van der Waals surface area (Å²) in [4.78, 5) is 45.3. The molecule has 3 fully saturated rings. The van der Waals surface area contributed by atoms with Crippen LogP contribution in [0.25, 0.3) is 6.08 Å². The molecule has 0 bridgehead atoms. The third-order valence-corrected chi connectivity index (χ3v) is 9.78. The number of carbonyl (C=O) groups is 4. The Balaban J connectivity index is 0.000000367. The van der Waals surface area contributed by atoms with Gasteiger partial charge in [-0.05, 0) is 30.3 Å². The minimum absolute atomic E-state index is 0.000787. The van der Waals surface area contributed by atoms with Crippen LogP contribution in [0.15, 0.2) is 40.8 Å². The summed E-state index contributed by atoms with van der Waals surface area (Å²) in [6, 6.07) is 6.47. The Morgan fingerprint density at radius 3 is 2.37 bits per heavy atom. The highest BCUT2D eigenvalue weighted by Gasteiger charge is 2.70. The molecule has 2 aromatic rings. The van der Waals surface area contributed by atoms with Gasteiger partial charge in [0, 0.05) is 48.0 Å². The van der Waals surface area contributed by atoms with Gasteiger partial charge in [0.25, 0.3) is 0 Å². The van der Waals surface area contributed by atoms with Gasteiger partial charge in [-0.1, -0.05) is 23.2 Å². The number of halogens is 3. The maximum absolute atomic E-state index is 13.9. The summed E-state index contributed by atoms with van der Waals surface area (Å²) in [5, 5.41) is 2.54. The molecule has 1 unspecified atom stereocenters. The average molecular weight is 627 g/mol. The van der Waals surface area contributed by atoms with Gasteiger partial charge in [-0.2, -0.15) is 0 Å². The van der Waals surface area contributed by atoms with Gasteiger partial charge in [0.1, 0.15) is 28.0 Å². The molecule has 218 valence electrons. The van der Waals surface area contributed by atoms with Crippen LogP contribution in [0.1, 0.15) is 31.2 Å². The van der Waals surface area contributed by atoms with Crippen LogP contribution in [0.2, 0.25) is 10.0 Å². The predicted molar refractivity (Wildman–Crippen MR) is 147 cm³/mol. The zero-order chi connectivity index (χ0) is 30.1. The fraction of sp³-hybridized carbons (Fsp3) is 0.333. The van der Waals surface area contributed by atoms with Crippen molar-refractivity contribution < 1.29 is 41.5 Å². The van der Waals surface area contributed by atoms with Gasteiger partial charge < -0.3 is 19.7 Å². The molecule has 0 aromatic heterocycles. The molecule has 1 N–H and O–H groups in total. The summed E-state index contributed by atoms with van der Waals surface area (Å²) in [5.74, 6) is -1.86. The first-order valence-electron chi connectivity index (χ1n) is 12.3.